The van der Waals surface area contributed by atoms with Crippen LogP contribution in [0.25, 0.3) is 0 Å². The zero-order valence-corrected chi connectivity index (χ0v) is 14.6. The Morgan fingerprint density at radius 3 is 2.88 bits per heavy atom. The van der Waals surface area contributed by atoms with Crippen LogP contribution in [-0.4, -0.2) is 16.5 Å². The summed E-state index contributed by atoms with van der Waals surface area (Å²) in [5.74, 6) is 1.41. The molecule has 0 aromatic carbocycles. The average Bonchev–Trinajstić information content (AvgIpc) is 2.84. The zero-order valence-electron chi connectivity index (χ0n) is 14.6. The molecule has 4 rings (SSSR count). The van der Waals surface area contributed by atoms with Gasteiger partial charge in [0.1, 0.15) is 0 Å². The van der Waals surface area contributed by atoms with Gasteiger partial charge in [0.2, 0.25) is 0 Å². The molecule has 0 bridgehead atoms. The standard InChI is InChI=1S/C21H27NO2/c1-20-10-7-17-16-6-4-15(23)13-14(16)3-5-18(17)19(20)8-11-21(20,24)9-2-12-22/h13,18-19,24H,2-11H2,1H3/t18-,19+,20+,21-/m1/s1. The molecule has 2 fully saturated rings. The SMILES string of the molecule is C[C@]12CCC3=C4CCC(=O)C=C4CC[C@H]3[C@@H]1CC[C@]2(O)CCC#N. The highest BCUT2D eigenvalue weighted by atomic mass is 16.3. The van der Waals surface area contributed by atoms with Crippen molar-refractivity contribution >= 4 is 5.78 Å². The van der Waals surface area contributed by atoms with Gasteiger partial charge in [0.05, 0.1) is 11.7 Å². The number of ketones is 1. The van der Waals surface area contributed by atoms with E-state index in [0.29, 0.717) is 36.9 Å². The van der Waals surface area contributed by atoms with Crippen LogP contribution in [0.3, 0.4) is 0 Å². The van der Waals surface area contributed by atoms with Gasteiger partial charge in [-0.05, 0) is 80.4 Å². The van der Waals surface area contributed by atoms with Gasteiger partial charge in [-0.3, -0.25) is 4.79 Å². The topological polar surface area (TPSA) is 61.1 Å². The molecule has 3 heteroatoms. The number of hydrogen-bond donors (Lipinski definition) is 1. The number of carbonyl (C=O) groups excluding carboxylic acids is 1. The zero-order chi connectivity index (χ0) is 16.9. The second-order valence-electron chi connectivity index (χ2n) is 8.54. The molecule has 0 spiro atoms. The Labute approximate surface area is 144 Å². The number of rotatable bonds is 2. The highest BCUT2D eigenvalue weighted by Crippen LogP contribution is 2.64. The van der Waals surface area contributed by atoms with Gasteiger partial charge >= 0.3 is 0 Å². The van der Waals surface area contributed by atoms with Gasteiger partial charge < -0.3 is 5.11 Å². The summed E-state index contributed by atoms with van der Waals surface area (Å²) in [6, 6.07) is 2.22. The first-order chi connectivity index (χ1) is 11.5. The molecule has 0 unspecified atom stereocenters. The van der Waals surface area contributed by atoms with Gasteiger partial charge in [-0.25, -0.2) is 0 Å². The first-order valence-electron chi connectivity index (χ1n) is 9.53. The fourth-order valence-electron chi connectivity index (χ4n) is 6.32. The molecule has 0 heterocycles. The second-order valence-corrected chi connectivity index (χ2v) is 8.54. The molecule has 3 nitrogen and oxygen atoms in total. The van der Waals surface area contributed by atoms with Crippen molar-refractivity contribution in [2.45, 2.75) is 76.7 Å². The minimum atomic E-state index is -0.664. The van der Waals surface area contributed by atoms with Crippen LogP contribution in [0.4, 0.5) is 0 Å². The van der Waals surface area contributed by atoms with E-state index in [2.05, 4.69) is 13.0 Å². The molecule has 4 aliphatic rings. The van der Waals surface area contributed by atoms with Gasteiger partial charge in [0.15, 0.2) is 5.78 Å². The Bertz CT molecular complexity index is 682. The van der Waals surface area contributed by atoms with E-state index in [-0.39, 0.29) is 5.41 Å². The molecule has 2 saturated carbocycles. The van der Waals surface area contributed by atoms with Crippen molar-refractivity contribution in [2.75, 3.05) is 0 Å². The number of nitriles is 1. The molecule has 0 amide bonds. The van der Waals surface area contributed by atoms with Crippen LogP contribution in [0.5, 0.6) is 0 Å². The summed E-state index contributed by atoms with van der Waals surface area (Å²) in [6.45, 7) is 2.28. The average molecular weight is 325 g/mol. The fourth-order valence-corrected chi connectivity index (χ4v) is 6.32. The Kier molecular flexibility index (Phi) is 3.73. The number of aliphatic hydroxyl groups is 1. The van der Waals surface area contributed by atoms with E-state index < -0.39 is 5.60 Å². The predicted octanol–water partition coefficient (Wildman–Crippen LogP) is 4.23. The van der Waals surface area contributed by atoms with Crippen molar-refractivity contribution in [3.05, 3.63) is 22.8 Å². The Balaban J connectivity index is 1.67. The van der Waals surface area contributed by atoms with Gasteiger partial charge in [-0.1, -0.05) is 12.5 Å². The van der Waals surface area contributed by atoms with Gasteiger partial charge in [-0.15, -0.1) is 0 Å². The molecule has 128 valence electrons. The van der Waals surface area contributed by atoms with E-state index in [9.17, 15) is 9.90 Å². The summed E-state index contributed by atoms with van der Waals surface area (Å²) in [6.07, 6.45) is 10.7. The minimum Gasteiger partial charge on any atom is -0.389 e. The first kappa shape index (κ1) is 16.1. The number of fused-ring (bicyclic) bond motifs is 4. The van der Waals surface area contributed by atoms with Crippen molar-refractivity contribution < 1.29 is 9.90 Å². The third-order valence-corrected chi connectivity index (χ3v) is 7.70. The van der Waals surface area contributed by atoms with Gasteiger partial charge in [-0.2, -0.15) is 5.26 Å². The van der Waals surface area contributed by atoms with Crippen molar-refractivity contribution in [1.82, 2.24) is 0 Å². The van der Waals surface area contributed by atoms with Crippen LogP contribution in [0.2, 0.25) is 0 Å². The normalized spacial score (nSPS) is 41.2. The molecule has 1 N–H and O–H groups in total. The van der Waals surface area contributed by atoms with E-state index in [1.54, 1.807) is 5.57 Å². The Morgan fingerprint density at radius 1 is 1.25 bits per heavy atom. The predicted molar refractivity (Wildman–Crippen MR) is 91.9 cm³/mol. The van der Waals surface area contributed by atoms with Gasteiger partial charge in [0.25, 0.3) is 0 Å². The summed E-state index contributed by atoms with van der Waals surface area (Å²) in [5, 5.41) is 20.3. The van der Waals surface area contributed by atoms with Crippen LogP contribution in [0.1, 0.15) is 71.1 Å². The molecule has 4 atom stereocenters. The maximum Gasteiger partial charge on any atom is 0.156 e. The monoisotopic (exact) mass is 325 g/mol. The molecule has 0 radical (unpaired) electrons. The van der Waals surface area contributed by atoms with Crippen LogP contribution >= 0.6 is 0 Å². The second kappa shape index (κ2) is 5.56. The van der Waals surface area contributed by atoms with E-state index in [0.717, 1.165) is 44.9 Å². The minimum absolute atomic E-state index is 0.0513. The van der Waals surface area contributed by atoms with Crippen molar-refractivity contribution in [3.8, 4) is 6.07 Å². The lowest BCUT2D eigenvalue weighted by Crippen LogP contribution is -2.49. The summed E-state index contributed by atoms with van der Waals surface area (Å²) in [4.78, 5) is 11.7. The van der Waals surface area contributed by atoms with Crippen molar-refractivity contribution in [1.29, 1.82) is 5.26 Å². The third-order valence-electron chi connectivity index (χ3n) is 7.70. The van der Waals surface area contributed by atoms with Crippen LogP contribution in [0, 0.1) is 28.6 Å². The number of carbonyl (C=O) groups is 1. The summed E-state index contributed by atoms with van der Waals surface area (Å²) < 4.78 is 0. The molecule has 0 saturated heterocycles. The molecule has 0 aromatic rings. The number of allylic oxidation sites excluding steroid dienone is 4. The largest absolute Gasteiger partial charge is 0.389 e. The Hall–Kier alpha value is -1.40. The molecule has 24 heavy (non-hydrogen) atoms. The maximum atomic E-state index is 11.7. The number of nitrogens with zero attached hydrogens (tertiary/aromatic N) is 1. The first-order valence-corrected chi connectivity index (χ1v) is 9.53. The highest BCUT2D eigenvalue weighted by Gasteiger charge is 2.60. The lowest BCUT2D eigenvalue weighted by molar-refractivity contribution is -0.114. The smallest absolute Gasteiger partial charge is 0.156 e. The van der Waals surface area contributed by atoms with Crippen molar-refractivity contribution in [3.63, 3.8) is 0 Å². The number of hydrogen-bond acceptors (Lipinski definition) is 3. The molecule has 4 aliphatic carbocycles. The molecule has 0 aromatic heterocycles. The van der Waals surface area contributed by atoms with E-state index in [1.807, 2.05) is 6.08 Å². The Morgan fingerprint density at radius 2 is 2.08 bits per heavy atom. The van der Waals surface area contributed by atoms with Crippen molar-refractivity contribution in [2.24, 2.45) is 17.3 Å². The molecule has 0 aliphatic heterocycles. The van der Waals surface area contributed by atoms with Crippen LogP contribution in [-0.2, 0) is 4.79 Å². The fraction of sp³-hybridized carbons (Fsp3) is 0.714. The molecular weight excluding hydrogens is 298 g/mol. The quantitative estimate of drug-likeness (QED) is 0.826. The van der Waals surface area contributed by atoms with Crippen LogP contribution in [0.15, 0.2) is 22.8 Å². The van der Waals surface area contributed by atoms with Gasteiger partial charge in [0, 0.05) is 18.3 Å². The van der Waals surface area contributed by atoms with Crippen LogP contribution < -0.4 is 0 Å². The lowest BCUT2D eigenvalue weighted by Gasteiger charge is -2.52. The lowest BCUT2D eigenvalue weighted by atomic mass is 9.54. The summed E-state index contributed by atoms with van der Waals surface area (Å²) in [7, 11) is 0. The van der Waals surface area contributed by atoms with E-state index in [1.165, 1.54) is 11.1 Å². The summed E-state index contributed by atoms with van der Waals surface area (Å²) in [5.41, 5.74) is 3.68. The third kappa shape index (κ3) is 2.15. The highest BCUT2D eigenvalue weighted by molar-refractivity contribution is 5.93. The molecular formula is C21H27NO2. The summed E-state index contributed by atoms with van der Waals surface area (Å²) >= 11 is 0. The maximum absolute atomic E-state index is 11.7. The van der Waals surface area contributed by atoms with E-state index in [4.69, 9.17) is 5.26 Å². The van der Waals surface area contributed by atoms with E-state index >= 15 is 0 Å².